The number of hydrogen-bond donors (Lipinski definition) is 1. The lowest BCUT2D eigenvalue weighted by molar-refractivity contribution is -0.137. The molecule has 7 heteroatoms. The fourth-order valence-corrected chi connectivity index (χ4v) is 3.85. The molecule has 2 amide bonds. The SMILES string of the molecule is CO[C@@H]1CCC[C@@H]2CN(C(=O)Nc3cccc(C(F)(F)F)c3)C[C@@H]21. The third-order valence-corrected chi connectivity index (χ3v) is 5.06. The summed E-state index contributed by atoms with van der Waals surface area (Å²) in [6.45, 7) is 1.23. The number of nitrogens with zero attached hydrogens (tertiary/aromatic N) is 1. The molecule has 132 valence electrons. The van der Waals surface area contributed by atoms with Crippen LogP contribution >= 0.6 is 0 Å². The Morgan fingerprint density at radius 1 is 1.29 bits per heavy atom. The Morgan fingerprint density at radius 3 is 2.79 bits per heavy atom. The monoisotopic (exact) mass is 342 g/mol. The van der Waals surface area contributed by atoms with Gasteiger partial charge in [-0.25, -0.2) is 4.79 Å². The highest BCUT2D eigenvalue weighted by atomic mass is 19.4. The molecular formula is C17H21F3N2O2. The normalized spacial score (nSPS) is 27.0. The predicted molar refractivity (Wildman–Crippen MR) is 83.7 cm³/mol. The highest BCUT2D eigenvalue weighted by molar-refractivity contribution is 5.89. The zero-order chi connectivity index (χ0) is 17.3. The number of hydrogen-bond acceptors (Lipinski definition) is 2. The molecule has 1 aromatic rings. The third-order valence-electron chi connectivity index (χ3n) is 5.06. The lowest BCUT2D eigenvalue weighted by Gasteiger charge is -2.31. The number of methoxy groups -OCH3 is 1. The number of amides is 2. The fraction of sp³-hybridized carbons (Fsp3) is 0.588. The minimum atomic E-state index is -4.42. The molecule has 1 aliphatic carbocycles. The second-order valence-electron chi connectivity index (χ2n) is 6.54. The van der Waals surface area contributed by atoms with Crippen LogP contribution in [0.15, 0.2) is 24.3 Å². The van der Waals surface area contributed by atoms with Crippen molar-refractivity contribution in [3.8, 4) is 0 Å². The Kier molecular flexibility index (Phi) is 4.71. The van der Waals surface area contributed by atoms with Gasteiger partial charge in [0.25, 0.3) is 0 Å². The maximum atomic E-state index is 12.8. The molecule has 1 aliphatic heterocycles. The summed E-state index contributed by atoms with van der Waals surface area (Å²) in [6.07, 6.45) is -1.11. The van der Waals surface area contributed by atoms with E-state index < -0.39 is 11.7 Å². The molecule has 1 aromatic carbocycles. The Balaban J connectivity index is 1.66. The number of halogens is 3. The minimum Gasteiger partial charge on any atom is -0.381 e. The molecule has 24 heavy (non-hydrogen) atoms. The zero-order valence-corrected chi connectivity index (χ0v) is 13.5. The van der Waals surface area contributed by atoms with E-state index in [2.05, 4.69) is 5.32 Å². The van der Waals surface area contributed by atoms with Crippen molar-refractivity contribution in [1.82, 2.24) is 4.90 Å². The average molecular weight is 342 g/mol. The van der Waals surface area contributed by atoms with Gasteiger partial charge in [0.05, 0.1) is 11.7 Å². The first kappa shape index (κ1) is 17.1. The molecule has 0 bridgehead atoms. The van der Waals surface area contributed by atoms with Crippen molar-refractivity contribution in [3.05, 3.63) is 29.8 Å². The molecule has 4 nitrogen and oxygen atoms in total. The van der Waals surface area contributed by atoms with Crippen LogP contribution in [-0.2, 0) is 10.9 Å². The summed E-state index contributed by atoms with van der Waals surface area (Å²) in [5.74, 6) is 0.729. The topological polar surface area (TPSA) is 41.6 Å². The van der Waals surface area contributed by atoms with E-state index in [-0.39, 0.29) is 17.8 Å². The first-order valence-corrected chi connectivity index (χ1v) is 8.14. The van der Waals surface area contributed by atoms with E-state index in [0.717, 1.165) is 31.4 Å². The van der Waals surface area contributed by atoms with Crippen LogP contribution in [-0.4, -0.2) is 37.2 Å². The minimum absolute atomic E-state index is 0.160. The highest BCUT2D eigenvalue weighted by Crippen LogP contribution is 2.38. The average Bonchev–Trinajstić information content (AvgIpc) is 2.98. The number of alkyl halides is 3. The van der Waals surface area contributed by atoms with E-state index in [1.807, 2.05) is 0 Å². The predicted octanol–water partition coefficient (Wildman–Crippen LogP) is 3.98. The number of urea groups is 1. The van der Waals surface area contributed by atoms with Crippen molar-refractivity contribution < 1.29 is 22.7 Å². The second kappa shape index (κ2) is 6.63. The van der Waals surface area contributed by atoms with E-state index >= 15 is 0 Å². The number of carbonyl (C=O) groups excluding carboxylic acids is 1. The van der Waals surface area contributed by atoms with Gasteiger partial charge in [-0.15, -0.1) is 0 Å². The number of anilines is 1. The molecule has 1 N–H and O–H groups in total. The van der Waals surface area contributed by atoms with E-state index in [1.165, 1.54) is 12.1 Å². The van der Waals surface area contributed by atoms with Crippen LogP contribution in [0.2, 0.25) is 0 Å². The van der Waals surface area contributed by atoms with Crippen molar-refractivity contribution >= 4 is 11.7 Å². The van der Waals surface area contributed by atoms with Gasteiger partial charge < -0.3 is 15.0 Å². The summed E-state index contributed by atoms with van der Waals surface area (Å²) < 4.78 is 43.8. The Bertz CT molecular complexity index is 606. The number of ether oxygens (including phenoxy) is 1. The first-order valence-electron chi connectivity index (χ1n) is 8.14. The quantitative estimate of drug-likeness (QED) is 0.883. The van der Waals surface area contributed by atoms with Crippen LogP contribution in [0.25, 0.3) is 0 Å². The molecule has 2 fully saturated rings. The Labute approximate surface area is 139 Å². The standard InChI is InChI=1S/C17H21F3N2O2/c1-24-15-7-2-4-11-9-22(10-14(11)15)16(23)21-13-6-3-5-12(8-13)17(18,19)20/h3,5-6,8,11,14-15H,2,4,7,9-10H2,1H3,(H,21,23)/t11-,14+,15-/m1/s1. The summed E-state index contributed by atoms with van der Waals surface area (Å²) in [5, 5.41) is 2.59. The van der Waals surface area contributed by atoms with Crippen molar-refractivity contribution in [2.24, 2.45) is 11.8 Å². The maximum Gasteiger partial charge on any atom is 0.416 e. The Hall–Kier alpha value is -1.76. The molecule has 1 saturated carbocycles. The van der Waals surface area contributed by atoms with Gasteiger partial charge in [-0.2, -0.15) is 13.2 Å². The number of carbonyl (C=O) groups is 1. The van der Waals surface area contributed by atoms with E-state index in [1.54, 1.807) is 12.0 Å². The van der Waals surface area contributed by atoms with E-state index in [0.29, 0.717) is 24.9 Å². The van der Waals surface area contributed by atoms with Crippen molar-refractivity contribution in [1.29, 1.82) is 0 Å². The molecule has 3 atom stereocenters. The van der Waals surface area contributed by atoms with Crippen LogP contribution < -0.4 is 5.32 Å². The zero-order valence-electron chi connectivity index (χ0n) is 13.5. The molecule has 0 spiro atoms. The molecule has 3 rings (SSSR count). The summed E-state index contributed by atoms with van der Waals surface area (Å²) in [5.41, 5.74) is -0.608. The van der Waals surface area contributed by atoms with Gasteiger partial charge in [0.2, 0.25) is 0 Å². The van der Waals surface area contributed by atoms with Gasteiger partial charge in [-0.1, -0.05) is 12.5 Å². The largest absolute Gasteiger partial charge is 0.416 e. The lowest BCUT2D eigenvalue weighted by atomic mass is 9.79. The van der Waals surface area contributed by atoms with Crippen molar-refractivity contribution in [3.63, 3.8) is 0 Å². The maximum absolute atomic E-state index is 12.8. The molecule has 0 unspecified atom stereocenters. The number of likely N-dealkylation sites (tertiary alicyclic amines) is 1. The smallest absolute Gasteiger partial charge is 0.381 e. The van der Waals surface area contributed by atoms with Crippen molar-refractivity contribution in [2.75, 3.05) is 25.5 Å². The molecule has 1 heterocycles. The van der Waals surface area contributed by atoms with Crippen LogP contribution in [0.1, 0.15) is 24.8 Å². The third kappa shape index (κ3) is 3.50. The summed E-state index contributed by atoms with van der Waals surface area (Å²) >= 11 is 0. The van der Waals surface area contributed by atoms with Crippen LogP contribution in [0.5, 0.6) is 0 Å². The van der Waals surface area contributed by atoms with E-state index in [4.69, 9.17) is 4.74 Å². The number of nitrogens with one attached hydrogen (secondary N) is 1. The fourth-order valence-electron chi connectivity index (χ4n) is 3.85. The number of rotatable bonds is 2. The molecule has 1 saturated heterocycles. The Morgan fingerprint density at radius 2 is 2.08 bits per heavy atom. The van der Waals surface area contributed by atoms with Gasteiger partial charge >= 0.3 is 12.2 Å². The molecule has 0 radical (unpaired) electrons. The van der Waals surface area contributed by atoms with Crippen molar-refractivity contribution in [2.45, 2.75) is 31.5 Å². The number of fused-ring (bicyclic) bond motifs is 1. The van der Waals surface area contributed by atoms with E-state index in [9.17, 15) is 18.0 Å². The lowest BCUT2D eigenvalue weighted by Crippen LogP contribution is -2.35. The summed E-state index contributed by atoms with van der Waals surface area (Å²) in [6, 6.07) is 4.36. The van der Waals surface area contributed by atoms with Gasteiger partial charge in [0.15, 0.2) is 0 Å². The summed E-state index contributed by atoms with van der Waals surface area (Å²) in [7, 11) is 1.69. The number of benzene rings is 1. The molecule has 0 aromatic heterocycles. The van der Waals surface area contributed by atoms with Crippen LogP contribution in [0.4, 0.5) is 23.7 Å². The van der Waals surface area contributed by atoms with Crippen LogP contribution in [0.3, 0.4) is 0 Å². The van der Waals surface area contributed by atoms with Gasteiger partial charge in [0.1, 0.15) is 0 Å². The summed E-state index contributed by atoms with van der Waals surface area (Å²) in [4.78, 5) is 14.1. The van der Waals surface area contributed by atoms with Crippen LogP contribution in [0, 0.1) is 11.8 Å². The second-order valence-corrected chi connectivity index (χ2v) is 6.54. The van der Waals surface area contributed by atoms with Gasteiger partial charge in [0, 0.05) is 31.8 Å². The first-order chi connectivity index (χ1) is 11.4. The highest BCUT2D eigenvalue weighted by Gasteiger charge is 2.42. The molecule has 2 aliphatic rings. The van der Waals surface area contributed by atoms with Gasteiger partial charge in [-0.3, -0.25) is 0 Å². The van der Waals surface area contributed by atoms with Gasteiger partial charge in [-0.05, 0) is 37.0 Å². The molecular weight excluding hydrogens is 321 g/mol.